The number of benzene rings is 2. The van der Waals surface area contributed by atoms with Crippen LogP contribution in [0, 0.1) is 5.95 Å². The molecule has 0 spiro atoms. The van der Waals surface area contributed by atoms with E-state index >= 15 is 4.39 Å². The van der Waals surface area contributed by atoms with Crippen molar-refractivity contribution in [2.45, 2.75) is 31.7 Å². The van der Waals surface area contributed by atoms with Gasteiger partial charge >= 0.3 is 0 Å². The molecular formula is C30H32Cl3FN8O. The molecule has 1 fully saturated rings. The lowest BCUT2D eigenvalue weighted by molar-refractivity contribution is -0.104. The molecule has 13 heteroatoms. The third-order valence-electron chi connectivity index (χ3n) is 7.14. The van der Waals surface area contributed by atoms with Crippen LogP contribution in [0.25, 0.3) is 17.0 Å². The van der Waals surface area contributed by atoms with Gasteiger partial charge in [-0.05, 0) is 55.2 Å². The average molecular weight is 646 g/mol. The van der Waals surface area contributed by atoms with Crippen LogP contribution in [0.15, 0.2) is 65.4 Å². The first-order valence-electron chi connectivity index (χ1n) is 13.4. The molecule has 2 aromatic carbocycles. The van der Waals surface area contributed by atoms with Gasteiger partial charge in [-0.25, -0.2) is 15.8 Å². The molecule has 6 N–H and O–H groups in total. The molecule has 43 heavy (non-hydrogen) atoms. The van der Waals surface area contributed by atoms with Crippen molar-refractivity contribution in [3.8, 4) is 11.3 Å². The van der Waals surface area contributed by atoms with Gasteiger partial charge < -0.3 is 20.9 Å². The van der Waals surface area contributed by atoms with Crippen molar-refractivity contribution in [3.63, 3.8) is 0 Å². The third-order valence-corrected chi connectivity index (χ3v) is 7.90. The Morgan fingerprint density at radius 2 is 2.12 bits per heavy atom. The second-order valence-corrected chi connectivity index (χ2v) is 11.0. The van der Waals surface area contributed by atoms with Gasteiger partial charge in [0.1, 0.15) is 28.8 Å². The Labute approximate surface area is 264 Å². The van der Waals surface area contributed by atoms with Gasteiger partial charge in [0.05, 0.1) is 28.6 Å². The van der Waals surface area contributed by atoms with E-state index in [2.05, 4.69) is 21.9 Å². The van der Waals surface area contributed by atoms with Crippen LogP contribution >= 0.6 is 34.8 Å². The monoisotopic (exact) mass is 644 g/mol. The SMILES string of the molecule is C=CCCc1c(NC)ccc(-c2[nH]c(C3CC/C(=N/C(=C\C=O)c4cc(Cl)ccc4N(N)/C=C(\N)Cl)N3C)nc2F)c1Cl. The molecule has 0 amide bonds. The molecule has 1 aromatic heterocycles. The van der Waals surface area contributed by atoms with Crippen molar-refractivity contribution >= 4 is 64.0 Å². The number of nitrogens with zero attached hydrogens (tertiary/aromatic N) is 4. The molecule has 1 unspecified atom stereocenters. The van der Waals surface area contributed by atoms with Crippen LogP contribution in [-0.4, -0.2) is 41.1 Å². The number of imidazole rings is 1. The normalized spacial score (nSPS) is 16.6. The molecule has 0 aliphatic carbocycles. The fourth-order valence-corrected chi connectivity index (χ4v) is 5.68. The van der Waals surface area contributed by atoms with E-state index in [0.29, 0.717) is 69.8 Å². The average Bonchev–Trinajstić information content (AvgIpc) is 3.52. The van der Waals surface area contributed by atoms with Crippen LogP contribution in [0.5, 0.6) is 0 Å². The summed E-state index contributed by atoms with van der Waals surface area (Å²) >= 11 is 18.9. The first kappa shape index (κ1) is 32.1. The highest BCUT2D eigenvalue weighted by atomic mass is 35.5. The second kappa shape index (κ2) is 14.1. The van der Waals surface area contributed by atoms with E-state index in [4.69, 9.17) is 51.4 Å². The van der Waals surface area contributed by atoms with Crippen LogP contribution in [0.2, 0.25) is 10.0 Å². The van der Waals surface area contributed by atoms with Gasteiger partial charge in [-0.2, -0.15) is 4.39 Å². The van der Waals surface area contributed by atoms with E-state index in [1.54, 1.807) is 24.3 Å². The standard InChI is InChI=1S/C30H32Cl3FN8O/c1-4-5-6-18-21(37-2)9-8-19(27(18)33)28-29(34)40-30(39-28)24-11-12-26(41(24)3)38-22(13-14-43)20-15-17(31)7-10-23(20)42(36)16-25(32)35/h4,7-10,13-16,24,37H,1,5-6,11-12,35-36H2,2-3H3,(H,39,40)/b22-13-,25-16-,38-26-. The number of nitrogens with one attached hydrogen (secondary N) is 2. The number of rotatable bonds is 11. The lowest BCUT2D eigenvalue weighted by Gasteiger charge is -2.22. The molecule has 1 saturated heterocycles. The summed E-state index contributed by atoms with van der Waals surface area (Å²) in [5, 5.41) is 5.19. The number of amidine groups is 1. The Morgan fingerprint density at radius 1 is 1.35 bits per heavy atom. The molecule has 1 aliphatic rings. The summed E-state index contributed by atoms with van der Waals surface area (Å²) < 4.78 is 15.3. The number of likely N-dealkylation sites (tertiary alicyclic amines) is 1. The number of halogens is 4. The first-order valence-corrected chi connectivity index (χ1v) is 14.5. The molecule has 1 aliphatic heterocycles. The Balaban J connectivity index is 1.68. The number of hydrogen-bond donors (Lipinski definition) is 4. The van der Waals surface area contributed by atoms with Crippen LogP contribution in [-0.2, 0) is 11.2 Å². The fourth-order valence-electron chi connectivity index (χ4n) is 5.05. The van der Waals surface area contributed by atoms with Crippen LogP contribution in [0.1, 0.15) is 42.3 Å². The predicted molar refractivity (Wildman–Crippen MR) is 175 cm³/mol. The van der Waals surface area contributed by atoms with E-state index < -0.39 is 5.95 Å². The number of aliphatic imine (C=N–C) groups is 1. The van der Waals surface area contributed by atoms with E-state index in [1.807, 2.05) is 31.1 Å². The number of hydrazine groups is 1. The Kier molecular flexibility index (Phi) is 10.5. The van der Waals surface area contributed by atoms with Gasteiger partial charge in [0.2, 0.25) is 5.95 Å². The Hall–Kier alpha value is -3.83. The largest absolute Gasteiger partial charge is 0.388 e. The van der Waals surface area contributed by atoms with Crippen molar-refractivity contribution < 1.29 is 9.18 Å². The summed E-state index contributed by atoms with van der Waals surface area (Å²) in [6.45, 7) is 3.79. The quantitative estimate of drug-likeness (QED) is 0.0453. The van der Waals surface area contributed by atoms with Gasteiger partial charge in [-0.3, -0.25) is 9.80 Å². The Bertz CT molecular complexity index is 1610. The minimum Gasteiger partial charge on any atom is -0.388 e. The van der Waals surface area contributed by atoms with Crippen molar-refractivity contribution in [1.82, 2.24) is 14.9 Å². The number of carbonyl (C=O) groups excluding carboxylic acids is 1. The zero-order chi connectivity index (χ0) is 31.3. The van der Waals surface area contributed by atoms with Crippen molar-refractivity contribution in [2.24, 2.45) is 16.6 Å². The highest BCUT2D eigenvalue weighted by Crippen LogP contribution is 2.39. The smallest absolute Gasteiger partial charge is 0.239 e. The molecule has 0 saturated carbocycles. The summed E-state index contributed by atoms with van der Waals surface area (Å²) in [6.07, 6.45) is 7.60. The molecule has 9 nitrogen and oxygen atoms in total. The van der Waals surface area contributed by atoms with Crippen molar-refractivity contribution in [3.05, 3.63) is 93.4 Å². The van der Waals surface area contributed by atoms with E-state index in [1.165, 1.54) is 17.3 Å². The summed E-state index contributed by atoms with van der Waals surface area (Å²) in [5.74, 6) is 6.58. The Morgan fingerprint density at radius 3 is 2.79 bits per heavy atom. The molecule has 0 bridgehead atoms. The first-order chi connectivity index (χ1) is 20.6. The van der Waals surface area contributed by atoms with Crippen molar-refractivity contribution in [1.29, 1.82) is 0 Å². The van der Waals surface area contributed by atoms with E-state index in [-0.39, 0.29) is 16.9 Å². The number of nitrogens with two attached hydrogens (primary N) is 2. The summed E-state index contributed by atoms with van der Waals surface area (Å²) in [6, 6.07) is 8.28. The summed E-state index contributed by atoms with van der Waals surface area (Å²) in [5.41, 5.74) is 9.34. The number of anilines is 2. The van der Waals surface area contributed by atoms with Gasteiger partial charge in [0, 0.05) is 48.4 Å². The van der Waals surface area contributed by atoms with Crippen LogP contribution < -0.4 is 21.9 Å². The molecule has 3 aromatic rings. The molecule has 0 radical (unpaired) electrons. The highest BCUT2D eigenvalue weighted by Gasteiger charge is 2.32. The van der Waals surface area contributed by atoms with Gasteiger partial charge in [0.25, 0.3) is 0 Å². The topological polar surface area (TPSA) is 129 Å². The molecule has 226 valence electrons. The van der Waals surface area contributed by atoms with Gasteiger partial charge in [0.15, 0.2) is 0 Å². The number of allylic oxidation sites excluding steroid dienone is 2. The molecule has 2 heterocycles. The number of hydrogen-bond acceptors (Lipinski definition) is 7. The highest BCUT2D eigenvalue weighted by molar-refractivity contribution is 6.34. The third kappa shape index (κ3) is 7.05. The summed E-state index contributed by atoms with van der Waals surface area (Å²) in [4.78, 5) is 25.7. The molecule has 1 atom stereocenters. The zero-order valence-corrected chi connectivity index (χ0v) is 25.9. The number of aromatic amines is 1. The minimum absolute atomic E-state index is 0.0358. The number of H-pyrrole nitrogens is 1. The maximum absolute atomic E-state index is 15.3. The minimum atomic E-state index is -0.651. The van der Waals surface area contributed by atoms with Gasteiger partial charge in [-0.15, -0.1) is 6.58 Å². The lowest BCUT2D eigenvalue weighted by Crippen LogP contribution is -2.26. The summed E-state index contributed by atoms with van der Waals surface area (Å²) in [7, 11) is 3.65. The molecule has 4 rings (SSSR count). The van der Waals surface area contributed by atoms with Gasteiger partial charge in [-0.1, -0.05) is 40.9 Å². The zero-order valence-electron chi connectivity index (χ0n) is 23.7. The maximum Gasteiger partial charge on any atom is 0.239 e. The second-order valence-electron chi connectivity index (χ2n) is 9.78. The number of carbonyl (C=O) groups is 1. The van der Waals surface area contributed by atoms with Crippen LogP contribution in [0.3, 0.4) is 0 Å². The molecular weight excluding hydrogens is 614 g/mol. The van der Waals surface area contributed by atoms with Crippen molar-refractivity contribution in [2.75, 3.05) is 24.4 Å². The van der Waals surface area contributed by atoms with E-state index in [0.717, 1.165) is 17.7 Å². The van der Waals surface area contributed by atoms with Crippen LogP contribution in [0.4, 0.5) is 15.8 Å². The maximum atomic E-state index is 15.3. The fraction of sp³-hybridized carbons (Fsp3) is 0.233. The predicted octanol–water partition coefficient (Wildman–Crippen LogP) is 6.76. The lowest BCUT2D eigenvalue weighted by atomic mass is 10.0. The number of aldehydes is 1. The number of aromatic nitrogens is 2. The van der Waals surface area contributed by atoms with E-state index in [9.17, 15) is 4.79 Å².